The highest BCUT2D eigenvalue weighted by molar-refractivity contribution is 9.10. The van der Waals surface area contributed by atoms with Gasteiger partial charge in [-0.25, -0.2) is 8.42 Å². The lowest BCUT2D eigenvalue weighted by Gasteiger charge is -2.20. The summed E-state index contributed by atoms with van der Waals surface area (Å²) in [5.41, 5.74) is 0.932. The van der Waals surface area contributed by atoms with Gasteiger partial charge in [-0.3, -0.25) is 9.69 Å². The number of carbonyl (C=O) groups is 1. The average Bonchev–Trinajstić information content (AvgIpc) is 3.28. The van der Waals surface area contributed by atoms with Crippen LogP contribution in [0.2, 0.25) is 0 Å². The van der Waals surface area contributed by atoms with E-state index in [-0.39, 0.29) is 23.5 Å². The number of rotatable bonds is 3. The summed E-state index contributed by atoms with van der Waals surface area (Å²) in [6.07, 6.45) is 2.08. The largest absolute Gasteiger partial charge is 0.457 e. The molecule has 1 amide bonds. The maximum Gasteiger partial charge on any atom is 0.266 e. The number of carbonyl (C=O) groups excluding carboxylic acids is 1. The van der Waals surface area contributed by atoms with Crippen molar-refractivity contribution in [2.24, 2.45) is 0 Å². The summed E-state index contributed by atoms with van der Waals surface area (Å²) in [6.45, 7) is 0. The topological polar surface area (TPSA) is 67.6 Å². The van der Waals surface area contributed by atoms with Gasteiger partial charge in [-0.1, -0.05) is 52.0 Å². The van der Waals surface area contributed by atoms with E-state index in [0.29, 0.717) is 27.2 Å². The first-order valence-electron chi connectivity index (χ1n) is 8.16. The van der Waals surface area contributed by atoms with Crippen molar-refractivity contribution < 1.29 is 17.6 Å². The molecular weight excluding hydrogens is 470 g/mol. The van der Waals surface area contributed by atoms with E-state index in [9.17, 15) is 13.2 Å². The van der Waals surface area contributed by atoms with Gasteiger partial charge in [-0.05, 0) is 30.7 Å². The molecule has 5 nitrogen and oxygen atoms in total. The van der Waals surface area contributed by atoms with Gasteiger partial charge in [0.1, 0.15) is 15.8 Å². The van der Waals surface area contributed by atoms with Crippen LogP contribution in [0.3, 0.4) is 0 Å². The molecule has 2 fully saturated rings. The first kappa shape index (κ1) is 18.9. The predicted octanol–water partition coefficient (Wildman–Crippen LogP) is 4.10. The van der Waals surface area contributed by atoms with Crippen LogP contribution in [0.25, 0.3) is 17.4 Å². The molecule has 27 heavy (non-hydrogen) atoms. The Bertz CT molecular complexity index is 1060. The molecule has 1 aromatic heterocycles. The van der Waals surface area contributed by atoms with E-state index in [4.69, 9.17) is 16.6 Å². The molecule has 0 aliphatic carbocycles. The molecule has 2 aliphatic heterocycles. The Hall–Kier alpha value is -1.42. The Morgan fingerprint density at radius 1 is 1.22 bits per heavy atom. The Balaban J connectivity index is 1.56. The lowest BCUT2D eigenvalue weighted by Crippen LogP contribution is -2.39. The number of benzene rings is 1. The number of thiocarbonyl (C=S) groups is 1. The summed E-state index contributed by atoms with van der Waals surface area (Å²) in [7, 11) is -3.09. The lowest BCUT2D eigenvalue weighted by molar-refractivity contribution is -0.123. The van der Waals surface area contributed by atoms with Crippen LogP contribution < -0.4 is 0 Å². The first-order valence-corrected chi connectivity index (χ1v) is 12.0. The third-order valence-electron chi connectivity index (χ3n) is 4.43. The summed E-state index contributed by atoms with van der Waals surface area (Å²) < 4.78 is 30.7. The van der Waals surface area contributed by atoms with Crippen LogP contribution >= 0.6 is 39.9 Å². The highest BCUT2D eigenvalue weighted by Crippen LogP contribution is 2.37. The second-order valence-corrected chi connectivity index (χ2v) is 11.1. The van der Waals surface area contributed by atoms with Crippen LogP contribution in [-0.2, 0) is 14.6 Å². The summed E-state index contributed by atoms with van der Waals surface area (Å²) in [5.74, 6) is 1.07. The minimum absolute atomic E-state index is 0.0266. The SMILES string of the molecule is O=C1/C(=C/c2ccc(-c3ccc(Br)cc3)o2)SC(=S)N1[C@H]1CCS(=O)(=O)C1. The summed E-state index contributed by atoms with van der Waals surface area (Å²) in [4.78, 5) is 14.6. The van der Waals surface area contributed by atoms with Crippen molar-refractivity contribution in [1.29, 1.82) is 0 Å². The highest BCUT2D eigenvalue weighted by atomic mass is 79.9. The number of amides is 1. The van der Waals surface area contributed by atoms with Crippen molar-refractivity contribution in [3.8, 4) is 11.3 Å². The molecule has 140 valence electrons. The number of furan rings is 1. The number of hydrogen-bond donors (Lipinski definition) is 0. The molecule has 2 aliphatic rings. The Morgan fingerprint density at radius 3 is 2.63 bits per heavy atom. The smallest absolute Gasteiger partial charge is 0.266 e. The molecule has 1 aromatic carbocycles. The van der Waals surface area contributed by atoms with Gasteiger partial charge in [0.25, 0.3) is 5.91 Å². The fourth-order valence-corrected chi connectivity index (χ4v) is 6.45. The van der Waals surface area contributed by atoms with Crippen LogP contribution in [0, 0.1) is 0 Å². The molecule has 0 unspecified atom stereocenters. The third kappa shape index (κ3) is 3.91. The molecule has 4 rings (SSSR count). The van der Waals surface area contributed by atoms with Gasteiger partial charge in [0, 0.05) is 16.1 Å². The molecule has 0 bridgehead atoms. The molecule has 0 radical (unpaired) electrons. The first-order chi connectivity index (χ1) is 12.8. The molecule has 0 saturated carbocycles. The monoisotopic (exact) mass is 483 g/mol. The van der Waals surface area contributed by atoms with Gasteiger partial charge in [0.2, 0.25) is 0 Å². The molecule has 9 heteroatoms. The maximum atomic E-state index is 12.7. The van der Waals surface area contributed by atoms with Crippen LogP contribution in [0.15, 0.2) is 50.2 Å². The van der Waals surface area contributed by atoms with E-state index in [0.717, 1.165) is 10.0 Å². The number of sulfone groups is 1. The summed E-state index contributed by atoms with van der Waals surface area (Å²) in [6, 6.07) is 11.0. The highest BCUT2D eigenvalue weighted by Gasteiger charge is 2.42. The third-order valence-corrected chi connectivity index (χ3v) is 8.04. The van der Waals surface area contributed by atoms with E-state index < -0.39 is 9.84 Å². The summed E-state index contributed by atoms with van der Waals surface area (Å²) in [5, 5.41) is 0. The summed E-state index contributed by atoms with van der Waals surface area (Å²) >= 11 is 9.89. The van der Waals surface area contributed by atoms with Gasteiger partial charge in [0.05, 0.1) is 22.5 Å². The van der Waals surface area contributed by atoms with Crippen molar-refractivity contribution in [2.75, 3.05) is 11.5 Å². The minimum atomic E-state index is -3.09. The zero-order valence-corrected chi connectivity index (χ0v) is 18.0. The van der Waals surface area contributed by atoms with Crippen molar-refractivity contribution in [3.63, 3.8) is 0 Å². The van der Waals surface area contributed by atoms with Gasteiger partial charge >= 0.3 is 0 Å². The number of halogens is 1. The van der Waals surface area contributed by atoms with Crippen molar-refractivity contribution in [1.82, 2.24) is 4.90 Å². The molecule has 1 atom stereocenters. The van der Waals surface area contributed by atoms with E-state index in [1.807, 2.05) is 30.3 Å². The zero-order chi connectivity index (χ0) is 19.2. The number of thioether (sulfide) groups is 1. The molecule has 0 spiro atoms. The fourth-order valence-electron chi connectivity index (χ4n) is 3.10. The molecule has 2 saturated heterocycles. The molecule has 3 heterocycles. The number of nitrogens with zero attached hydrogens (tertiary/aromatic N) is 1. The Labute approximate surface area is 174 Å². The van der Waals surface area contributed by atoms with Crippen LogP contribution in [0.5, 0.6) is 0 Å². The minimum Gasteiger partial charge on any atom is -0.457 e. The average molecular weight is 484 g/mol. The predicted molar refractivity (Wildman–Crippen MR) is 114 cm³/mol. The molecule has 2 aromatic rings. The van der Waals surface area contributed by atoms with Crippen LogP contribution in [0.4, 0.5) is 0 Å². The van der Waals surface area contributed by atoms with Gasteiger partial charge in [-0.2, -0.15) is 0 Å². The Kier molecular flexibility index (Phi) is 5.04. The van der Waals surface area contributed by atoms with Crippen LogP contribution in [0.1, 0.15) is 12.2 Å². The standard InChI is InChI=1S/C18H14BrNO4S3/c19-12-3-1-11(2-4-12)15-6-5-14(24-15)9-16-17(21)20(18(25)26-16)13-7-8-27(22,23)10-13/h1-6,9,13H,7-8,10H2/b16-9-/t13-/m0/s1. The fraction of sp³-hybridized carbons (Fsp3) is 0.222. The van der Waals surface area contributed by atoms with Gasteiger partial charge < -0.3 is 4.42 Å². The molecule has 0 N–H and O–H groups in total. The number of hydrogen-bond acceptors (Lipinski definition) is 6. The van der Waals surface area contributed by atoms with Crippen molar-refractivity contribution >= 4 is 66.1 Å². The van der Waals surface area contributed by atoms with Crippen LogP contribution in [-0.4, -0.2) is 41.1 Å². The van der Waals surface area contributed by atoms with E-state index >= 15 is 0 Å². The van der Waals surface area contributed by atoms with Crippen molar-refractivity contribution in [2.45, 2.75) is 12.5 Å². The quantitative estimate of drug-likeness (QED) is 0.483. The van der Waals surface area contributed by atoms with E-state index in [1.165, 1.54) is 16.7 Å². The Morgan fingerprint density at radius 2 is 1.96 bits per heavy atom. The zero-order valence-electron chi connectivity index (χ0n) is 13.9. The van der Waals surface area contributed by atoms with Gasteiger partial charge in [0.15, 0.2) is 9.84 Å². The van der Waals surface area contributed by atoms with E-state index in [1.54, 1.807) is 12.1 Å². The second-order valence-electron chi connectivity index (χ2n) is 6.32. The molecular formula is C18H14BrNO4S3. The lowest BCUT2D eigenvalue weighted by atomic mass is 10.2. The van der Waals surface area contributed by atoms with E-state index in [2.05, 4.69) is 15.9 Å². The normalized spacial score (nSPS) is 23.5. The van der Waals surface area contributed by atoms with Crippen molar-refractivity contribution in [3.05, 3.63) is 51.5 Å². The second kappa shape index (κ2) is 7.20. The maximum absolute atomic E-state index is 12.7. The van der Waals surface area contributed by atoms with Gasteiger partial charge in [-0.15, -0.1) is 0 Å².